The van der Waals surface area contributed by atoms with Crippen LogP contribution >= 0.6 is 21.6 Å². The topological polar surface area (TPSA) is 101 Å². The predicted octanol–water partition coefficient (Wildman–Crippen LogP) is 5.22. The van der Waals surface area contributed by atoms with Gasteiger partial charge in [-0.2, -0.15) is 0 Å². The fourth-order valence-corrected chi connectivity index (χ4v) is 4.54. The van der Waals surface area contributed by atoms with Crippen LogP contribution in [0.1, 0.15) is 38.4 Å². The quantitative estimate of drug-likeness (QED) is 0.141. The maximum atomic E-state index is 12.2. The lowest BCUT2D eigenvalue weighted by Gasteiger charge is -2.16. The maximum Gasteiger partial charge on any atom is 0.306 e. The highest BCUT2D eigenvalue weighted by molar-refractivity contribution is 8.76. The first kappa shape index (κ1) is 23.8. The molecule has 0 amide bonds. The van der Waals surface area contributed by atoms with Gasteiger partial charge in [0, 0.05) is 18.4 Å². The average Bonchev–Trinajstić information content (AvgIpc) is 2.74. The first-order valence-electron chi connectivity index (χ1n) is 9.35. The molecule has 0 radical (unpaired) electrons. The van der Waals surface area contributed by atoms with Crippen LogP contribution in [0.15, 0.2) is 41.6 Å². The monoisotopic (exact) mass is 452 g/mol. The van der Waals surface area contributed by atoms with E-state index in [0.717, 1.165) is 10.8 Å². The van der Waals surface area contributed by atoms with Crippen LogP contribution in [0.2, 0.25) is 0 Å². The second-order valence-electron chi connectivity index (χ2n) is 6.06. The average molecular weight is 453 g/mol. The van der Waals surface area contributed by atoms with E-state index in [4.69, 9.17) is 14.2 Å². The maximum absolute atomic E-state index is 12.2. The zero-order valence-corrected chi connectivity index (χ0v) is 18.7. The fraction of sp³-hybridized carbons (Fsp3) is 0.400. The number of carbonyl (C=O) groups is 1. The van der Waals surface area contributed by atoms with E-state index in [1.165, 1.54) is 19.2 Å². The Morgan fingerprint density at radius 2 is 2.10 bits per heavy atom. The number of nitro groups is 1. The van der Waals surface area contributed by atoms with Gasteiger partial charge in [0.05, 0.1) is 30.3 Å². The van der Waals surface area contributed by atoms with Gasteiger partial charge in [0.1, 0.15) is 11.1 Å². The highest BCUT2D eigenvalue weighted by Gasteiger charge is 2.25. The van der Waals surface area contributed by atoms with Crippen LogP contribution in [-0.2, 0) is 9.53 Å². The van der Waals surface area contributed by atoms with Gasteiger partial charge in [0.2, 0.25) is 0 Å². The van der Waals surface area contributed by atoms with Crippen LogP contribution < -0.4 is 9.47 Å². The minimum atomic E-state index is -0.793. The summed E-state index contributed by atoms with van der Waals surface area (Å²) < 4.78 is 16.1. The number of rotatable bonds is 12. The molecule has 30 heavy (non-hydrogen) atoms. The molecule has 1 unspecified atom stereocenters. The molecular formula is C20H24N2O6S2. The van der Waals surface area contributed by atoms with E-state index in [0.29, 0.717) is 18.8 Å². The zero-order chi connectivity index (χ0) is 21.9. The molecule has 0 fully saturated rings. The zero-order valence-electron chi connectivity index (χ0n) is 17.0. The molecule has 1 heterocycles. The molecule has 0 aliphatic heterocycles. The molecule has 8 nitrogen and oxygen atoms in total. The van der Waals surface area contributed by atoms with E-state index in [1.807, 2.05) is 18.2 Å². The molecule has 0 aliphatic carbocycles. The fourth-order valence-electron chi connectivity index (χ4n) is 2.57. The number of aromatic nitrogens is 1. The van der Waals surface area contributed by atoms with E-state index in [1.54, 1.807) is 41.6 Å². The molecule has 0 spiro atoms. The van der Waals surface area contributed by atoms with Crippen molar-refractivity contribution in [2.24, 2.45) is 0 Å². The van der Waals surface area contributed by atoms with Crippen LogP contribution in [-0.4, -0.2) is 35.3 Å². The summed E-state index contributed by atoms with van der Waals surface area (Å²) in [6.07, 6.45) is 1.79. The number of carbonyl (C=O) groups excluding carboxylic acids is 1. The standard InChI is InChI=1S/C20H24N2O6S2/c1-4-27-18-13-16(22(24)25)15(12-17(18)26-3)14(2)28-20(23)9-7-11-29-30-19-8-5-6-10-21-19/h5-6,8,10,12-14H,4,7,9,11H2,1-3H3. The summed E-state index contributed by atoms with van der Waals surface area (Å²) in [6.45, 7) is 3.72. The number of hydrogen-bond donors (Lipinski definition) is 0. The molecule has 1 aromatic heterocycles. The Kier molecular flexibility index (Phi) is 9.75. The van der Waals surface area contributed by atoms with Crippen LogP contribution in [0, 0.1) is 10.1 Å². The van der Waals surface area contributed by atoms with Crippen LogP contribution in [0.25, 0.3) is 0 Å². The third kappa shape index (κ3) is 7.10. The van der Waals surface area contributed by atoms with Gasteiger partial charge in [0.15, 0.2) is 11.5 Å². The van der Waals surface area contributed by atoms with Crippen LogP contribution in [0.5, 0.6) is 11.5 Å². The van der Waals surface area contributed by atoms with E-state index in [9.17, 15) is 14.9 Å². The highest BCUT2D eigenvalue weighted by atomic mass is 33.1. The minimum Gasteiger partial charge on any atom is -0.493 e. The number of nitro benzene ring substituents is 1. The van der Waals surface area contributed by atoms with E-state index in [-0.39, 0.29) is 23.4 Å². The first-order chi connectivity index (χ1) is 14.5. The highest BCUT2D eigenvalue weighted by Crippen LogP contribution is 2.38. The molecule has 10 heteroatoms. The summed E-state index contributed by atoms with van der Waals surface area (Å²) in [6, 6.07) is 8.49. The molecule has 1 aromatic carbocycles. The molecule has 2 aromatic rings. The molecular weight excluding hydrogens is 428 g/mol. The van der Waals surface area contributed by atoms with Crippen molar-refractivity contribution in [3.8, 4) is 11.5 Å². The summed E-state index contributed by atoms with van der Waals surface area (Å²) in [7, 11) is 4.61. The van der Waals surface area contributed by atoms with Gasteiger partial charge < -0.3 is 14.2 Å². The second kappa shape index (κ2) is 12.3. The molecule has 0 aliphatic rings. The number of ether oxygens (including phenoxy) is 3. The van der Waals surface area contributed by atoms with Gasteiger partial charge >= 0.3 is 5.97 Å². The summed E-state index contributed by atoms with van der Waals surface area (Å²) in [5.41, 5.74) is 0.0793. The van der Waals surface area contributed by atoms with Crippen molar-refractivity contribution in [3.63, 3.8) is 0 Å². The number of benzene rings is 1. The van der Waals surface area contributed by atoms with Gasteiger partial charge in [-0.1, -0.05) is 16.9 Å². The molecule has 0 N–H and O–H groups in total. The number of methoxy groups -OCH3 is 1. The molecule has 0 saturated carbocycles. The molecule has 2 rings (SSSR count). The molecule has 0 saturated heterocycles. The van der Waals surface area contributed by atoms with Crippen LogP contribution in [0.3, 0.4) is 0 Å². The van der Waals surface area contributed by atoms with E-state index >= 15 is 0 Å². The smallest absolute Gasteiger partial charge is 0.306 e. The number of hydrogen-bond acceptors (Lipinski definition) is 9. The first-order valence-corrected chi connectivity index (χ1v) is 11.7. The van der Waals surface area contributed by atoms with Crippen molar-refractivity contribution >= 4 is 33.2 Å². The Hall–Kier alpha value is -2.46. The van der Waals surface area contributed by atoms with Gasteiger partial charge in [-0.25, -0.2) is 4.98 Å². The van der Waals surface area contributed by atoms with Gasteiger partial charge in [-0.3, -0.25) is 14.9 Å². The third-order valence-corrected chi connectivity index (χ3v) is 6.30. The third-order valence-electron chi connectivity index (χ3n) is 3.95. The summed E-state index contributed by atoms with van der Waals surface area (Å²) in [5, 5.41) is 12.4. The lowest BCUT2D eigenvalue weighted by atomic mass is 10.1. The van der Waals surface area contributed by atoms with E-state index < -0.39 is 17.0 Å². The Bertz CT molecular complexity index is 851. The number of pyridine rings is 1. The van der Waals surface area contributed by atoms with Gasteiger partial charge in [-0.05, 0) is 49.3 Å². The SMILES string of the molecule is CCOc1cc([N+](=O)[O-])c(C(C)OC(=O)CCCSSc2ccccn2)cc1OC. The van der Waals surface area contributed by atoms with E-state index in [2.05, 4.69) is 4.98 Å². The normalized spacial score (nSPS) is 11.6. The minimum absolute atomic E-state index is 0.179. The number of esters is 1. The largest absolute Gasteiger partial charge is 0.493 e. The number of nitrogens with zero attached hydrogens (tertiary/aromatic N) is 2. The second-order valence-corrected chi connectivity index (χ2v) is 8.50. The van der Waals surface area contributed by atoms with Crippen molar-refractivity contribution in [2.75, 3.05) is 19.5 Å². The van der Waals surface area contributed by atoms with Crippen molar-refractivity contribution in [1.82, 2.24) is 4.98 Å². The van der Waals surface area contributed by atoms with Crippen LogP contribution in [0.4, 0.5) is 5.69 Å². The lowest BCUT2D eigenvalue weighted by molar-refractivity contribution is -0.386. The Morgan fingerprint density at radius 3 is 2.73 bits per heavy atom. The molecule has 1 atom stereocenters. The van der Waals surface area contributed by atoms with Crippen molar-refractivity contribution in [3.05, 3.63) is 52.2 Å². The summed E-state index contributed by atoms with van der Waals surface area (Å²) in [4.78, 5) is 27.4. The Balaban J connectivity index is 1.91. The van der Waals surface area contributed by atoms with Crippen molar-refractivity contribution in [1.29, 1.82) is 0 Å². The van der Waals surface area contributed by atoms with Crippen molar-refractivity contribution in [2.45, 2.75) is 37.8 Å². The summed E-state index contributed by atoms with van der Waals surface area (Å²) >= 11 is 0. The lowest BCUT2D eigenvalue weighted by Crippen LogP contribution is -2.11. The Morgan fingerprint density at radius 1 is 1.30 bits per heavy atom. The molecule has 162 valence electrons. The predicted molar refractivity (Wildman–Crippen MR) is 117 cm³/mol. The van der Waals surface area contributed by atoms with Gasteiger partial charge in [0.25, 0.3) is 5.69 Å². The molecule has 0 bridgehead atoms. The Labute approximate surface area is 183 Å². The van der Waals surface area contributed by atoms with Crippen molar-refractivity contribution < 1.29 is 23.9 Å². The summed E-state index contributed by atoms with van der Waals surface area (Å²) in [5.74, 6) is 0.967. The van der Waals surface area contributed by atoms with Gasteiger partial charge in [-0.15, -0.1) is 0 Å².